The van der Waals surface area contributed by atoms with Crippen LogP contribution in [-0.2, 0) is 0 Å². The van der Waals surface area contributed by atoms with E-state index in [1.807, 2.05) is 84.9 Å². The van der Waals surface area contributed by atoms with Crippen molar-refractivity contribution in [3.05, 3.63) is 170 Å². The fourth-order valence-corrected chi connectivity index (χ4v) is 6.28. The molecule has 49 heavy (non-hydrogen) atoms. The topological polar surface area (TPSA) is 64.7 Å². The Morgan fingerprint density at radius 2 is 0.837 bits per heavy atom. The average Bonchev–Trinajstić information content (AvgIpc) is 3.57. The van der Waals surface area contributed by atoms with E-state index in [1.165, 1.54) is 0 Å². The van der Waals surface area contributed by atoms with Gasteiger partial charge in [0.2, 0.25) is 0 Å². The van der Waals surface area contributed by atoms with Gasteiger partial charge in [0.05, 0.1) is 11.4 Å². The zero-order valence-corrected chi connectivity index (χ0v) is 26.4. The maximum absolute atomic E-state index is 6.43. The first kappa shape index (κ1) is 28.5. The van der Waals surface area contributed by atoms with Crippen LogP contribution >= 0.6 is 0 Å². The van der Waals surface area contributed by atoms with Gasteiger partial charge in [-0.3, -0.25) is 0 Å². The van der Waals surface area contributed by atoms with E-state index in [2.05, 4.69) is 84.9 Å². The van der Waals surface area contributed by atoms with Crippen LogP contribution in [0.3, 0.4) is 0 Å². The Labute approximate surface area is 283 Å². The second kappa shape index (κ2) is 12.1. The van der Waals surface area contributed by atoms with Gasteiger partial charge < -0.3 is 4.42 Å². The summed E-state index contributed by atoms with van der Waals surface area (Å²) in [4.78, 5) is 20.4. The van der Waals surface area contributed by atoms with Crippen molar-refractivity contribution in [2.75, 3.05) is 0 Å². The Kier molecular flexibility index (Phi) is 7.06. The second-order valence-electron chi connectivity index (χ2n) is 11.9. The van der Waals surface area contributed by atoms with Gasteiger partial charge in [0.1, 0.15) is 16.8 Å². The number of rotatable bonds is 6. The van der Waals surface area contributed by atoms with Crippen LogP contribution in [0, 0.1) is 0 Å². The molecular weight excluding hydrogens is 601 g/mol. The molecule has 0 aliphatic rings. The van der Waals surface area contributed by atoms with Crippen LogP contribution in [0.1, 0.15) is 0 Å². The van der Waals surface area contributed by atoms with Crippen molar-refractivity contribution in [1.29, 1.82) is 0 Å². The fourth-order valence-electron chi connectivity index (χ4n) is 6.28. The van der Waals surface area contributed by atoms with E-state index in [0.29, 0.717) is 17.2 Å². The summed E-state index contributed by atoms with van der Waals surface area (Å²) in [6, 6.07) is 57.5. The second-order valence-corrected chi connectivity index (χ2v) is 11.9. The van der Waals surface area contributed by atoms with Crippen molar-refractivity contribution in [1.82, 2.24) is 19.9 Å². The molecule has 0 radical (unpaired) electrons. The molecule has 5 nitrogen and oxygen atoms in total. The zero-order valence-electron chi connectivity index (χ0n) is 26.4. The molecule has 0 unspecified atom stereocenters. The zero-order chi connectivity index (χ0) is 32.6. The Morgan fingerprint density at radius 3 is 1.49 bits per heavy atom. The Morgan fingerprint density at radius 1 is 0.347 bits per heavy atom. The van der Waals surface area contributed by atoms with Crippen LogP contribution in [0.15, 0.2) is 174 Å². The van der Waals surface area contributed by atoms with Crippen LogP contribution in [0.5, 0.6) is 0 Å². The number of hydrogen-bond acceptors (Lipinski definition) is 5. The lowest BCUT2D eigenvalue weighted by atomic mass is 10.0. The van der Waals surface area contributed by atoms with E-state index >= 15 is 0 Å². The molecule has 0 aliphatic carbocycles. The third kappa shape index (κ3) is 5.43. The normalized spacial score (nSPS) is 11.3. The average molecular weight is 629 g/mol. The van der Waals surface area contributed by atoms with E-state index in [4.69, 9.17) is 24.4 Å². The highest BCUT2D eigenvalue weighted by atomic mass is 16.3. The Balaban J connectivity index is 1.22. The third-order valence-electron chi connectivity index (χ3n) is 8.71. The predicted molar refractivity (Wildman–Crippen MR) is 198 cm³/mol. The van der Waals surface area contributed by atoms with Gasteiger partial charge in [-0.15, -0.1) is 0 Å². The summed E-state index contributed by atoms with van der Waals surface area (Å²) < 4.78 is 6.43. The van der Waals surface area contributed by atoms with Gasteiger partial charge >= 0.3 is 0 Å². The van der Waals surface area contributed by atoms with Gasteiger partial charge in [-0.1, -0.05) is 140 Å². The Bertz CT molecular complexity index is 2540. The minimum Gasteiger partial charge on any atom is -0.452 e. The van der Waals surface area contributed by atoms with Crippen LogP contribution < -0.4 is 0 Å². The quantitative estimate of drug-likeness (QED) is 0.183. The highest BCUT2D eigenvalue weighted by Crippen LogP contribution is 2.37. The molecule has 5 heteroatoms. The molecular formula is C44H28N4O. The number of hydrogen-bond donors (Lipinski definition) is 0. The molecule has 0 fully saturated rings. The van der Waals surface area contributed by atoms with Gasteiger partial charge in [-0.05, 0) is 41.5 Å². The van der Waals surface area contributed by atoms with Gasteiger partial charge in [0.25, 0.3) is 0 Å². The smallest absolute Gasteiger partial charge is 0.180 e. The summed E-state index contributed by atoms with van der Waals surface area (Å²) in [7, 11) is 0. The molecule has 0 N–H and O–H groups in total. The van der Waals surface area contributed by atoms with E-state index in [1.54, 1.807) is 0 Å². The summed E-state index contributed by atoms with van der Waals surface area (Å²) in [5, 5.41) is 0.948. The number of para-hydroxylation sites is 1. The molecule has 0 amide bonds. The van der Waals surface area contributed by atoms with Crippen molar-refractivity contribution in [3.8, 4) is 67.7 Å². The van der Waals surface area contributed by atoms with Crippen molar-refractivity contribution in [2.24, 2.45) is 0 Å². The van der Waals surface area contributed by atoms with E-state index in [9.17, 15) is 0 Å². The molecule has 9 rings (SSSR count). The molecule has 0 bridgehead atoms. The number of fused-ring (bicyclic) bond motifs is 3. The van der Waals surface area contributed by atoms with Crippen LogP contribution in [0.4, 0.5) is 0 Å². The largest absolute Gasteiger partial charge is 0.452 e. The van der Waals surface area contributed by atoms with Gasteiger partial charge in [0, 0.05) is 33.2 Å². The molecule has 0 aliphatic heterocycles. The summed E-state index contributed by atoms with van der Waals surface area (Å²) in [5.41, 5.74) is 11.7. The minimum absolute atomic E-state index is 0.600. The van der Waals surface area contributed by atoms with Gasteiger partial charge in [-0.25, -0.2) is 19.9 Å². The van der Waals surface area contributed by atoms with Gasteiger partial charge in [-0.2, -0.15) is 0 Å². The monoisotopic (exact) mass is 628 g/mol. The lowest BCUT2D eigenvalue weighted by molar-refractivity contribution is 0.667. The first-order chi connectivity index (χ1) is 24.3. The predicted octanol–water partition coefficient (Wildman–Crippen LogP) is 11.2. The van der Waals surface area contributed by atoms with Crippen LogP contribution in [0.2, 0.25) is 0 Å². The lowest BCUT2D eigenvalue weighted by Crippen LogP contribution is -1.97. The molecule has 3 heterocycles. The van der Waals surface area contributed by atoms with Crippen molar-refractivity contribution >= 4 is 22.1 Å². The summed E-state index contributed by atoms with van der Waals surface area (Å²) in [5.74, 6) is 1.23. The van der Waals surface area contributed by atoms with Crippen molar-refractivity contribution in [3.63, 3.8) is 0 Å². The molecule has 0 saturated heterocycles. The van der Waals surface area contributed by atoms with E-state index < -0.39 is 0 Å². The molecule has 6 aromatic carbocycles. The molecule has 0 saturated carbocycles. The SMILES string of the molecule is c1ccc(-c2cccc(-c3nc(-c4cccc(-c5nc(-c6ccccc6)cc(-c6ccccc6)n5)c4)nc4c3oc3ccccc34)c2)cc1. The van der Waals surface area contributed by atoms with Crippen molar-refractivity contribution < 1.29 is 4.42 Å². The summed E-state index contributed by atoms with van der Waals surface area (Å²) >= 11 is 0. The lowest BCUT2D eigenvalue weighted by Gasteiger charge is -2.11. The fraction of sp³-hybridized carbons (Fsp3) is 0. The summed E-state index contributed by atoms with van der Waals surface area (Å²) in [6.45, 7) is 0. The minimum atomic E-state index is 0.600. The number of aromatic nitrogens is 4. The highest BCUT2D eigenvalue weighted by molar-refractivity contribution is 6.07. The van der Waals surface area contributed by atoms with E-state index in [-0.39, 0.29) is 0 Å². The van der Waals surface area contributed by atoms with E-state index in [0.717, 1.165) is 72.5 Å². The summed E-state index contributed by atoms with van der Waals surface area (Å²) in [6.07, 6.45) is 0. The first-order valence-corrected chi connectivity index (χ1v) is 16.2. The molecule has 0 spiro atoms. The third-order valence-corrected chi connectivity index (χ3v) is 8.71. The number of furan rings is 1. The van der Waals surface area contributed by atoms with Crippen LogP contribution in [-0.4, -0.2) is 19.9 Å². The maximum atomic E-state index is 6.43. The van der Waals surface area contributed by atoms with Crippen LogP contribution in [0.25, 0.3) is 89.7 Å². The molecule has 230 valence electrons. The first-order valence-electron chi connectivity index (χ1n) is 16.2. The van der Waals surface area contributed by atoms with Gasteiger partial charge in [0.15, 0.2) is 17.2 Å². The molecule has 0 atom stereocenters. The highest BCUT2D eigenvalue weighted by Gasteiger charge is 2.19. The number of benzene rings is 6. The molecule has 9 aromatic rings. The van der Waals surface area contributed by atoms with Crippen molar-refractivity contribution in [2.45, 2.75) is 0 Å². The molecule has 3 aromatic heterocycles. The standard InChI is InChI=1S/C44H28N4O/c1-4-14-29(15-5-1)32-20-12-21-33(26-32)40-42-41(36-24-10-11-25-39(36)49-42)48-44(47-40)35-23-13-22-34(27-35)43-45-37(30-16-6-2-7-17-30)28-38(46-43)31-18-8-3-9-19-31/h1-28H. The number of nitrogens with zero attached hydrogens (tertiary/aromatic N) is 4. The maximum Gasteiger partial charge on any atom is 0.180 e. The Hall–Kier alpha value is -6.72.